The second-order valence-corrected chi connectivity index (χ2v) is 12.0. The van der Waals surface area contributed by atoms with Crippen LogP contribution in [0.1, 0.15) is 96.4 Å². The molecular weight excluding hydrogens is 510 g/mol. The zero-order valence-electron chi connectivity index (χ0n) is 25.1. The number of rotatable bonds is 10. The van der Waals surface area contributed by atoms with Gasteiger partial charge in [0, 0.05) is 35.3 Å². The predicted octanol–water partition coefficient (Wildman–Crippen LogP) is 7.09. The summed E-state index contributed by atoms with van der Waals surface area (Å²) in [6.07, 6.45) is 14.6. The van der Waals surface area contributed by atoms with Gasteiger partial charge in [-0.2, -0.15) is 5.21 Å². The summed E-state index contributed by atoms with van der Waals surface area (Å²) >= 11 is 0. The number of imidazole rings is 1. The molecule has 1 fully saturated rings. The van der Waals surface area contributed by atoms with Gasteiger partial charge >= 0.3 is 5.69 Å². The van der Waals surface area contributed by atoms with E-state index in [-0.39, 0.29) is 11.7 Å². The van der Waals surface area contributed by atoms with Crippen LogP contribution in [0.2, 0.25) is 0 Å². The lowest BCUT2D eigenvalue weighted by atomic mass is 9.74. The molecule has 1 N–H and O–H groups in total. The molecule has 0 radical (unpaired) electrons. The van der Waals surface area contributed by atoms with Gasteiger partial charge in [-0.3, -0.25) is 14.1 Å². The number of hydrogen-bond donors (Lipinski definition) is 1. The summed E-state index contributed by atoms with van der Waals surface area (Å²) in [5.41, 5.74) is 4.96. The maximum absolute atomic E-state index is 14.2. The molecule has 0 saturated heterocycles. The van der Waals surface area contributed by atoms with Gasteiger partial charge in [0.05, 0.1) is 12.2 Å². The van der Waals surface area contributed by atoms with Crippen LogP contribution in [0.3, 0.4) is 0 Å². The van der Waals surface area contributed by atoms with Crippen LogP contribution in [-0.4, -0.2) is 34.7 Å². The van der Waals surface area contributed by atoms with E-state index in [1.165, 1.54) is 32.1 Å². The number of aromatic amines is 1. The van der Waals surface area contributed by atoms with E-state index in [9.17, 15) is 4.79 Å². The normalized spacial score (nSPS) is 19.8. The number of nitrogens with zero attached hydrogens (tertiary/aromatic N) is 6. The minimum atomic E-state index is 0.136. The van der Waals surface area contributed by atoms with E-state index in [4.69, 9.17) is 4.98 Å². The molecule has 1 aliphatic rings. The first-order valence-corrected chi connectivity index (χ1v) is 15.6. The van der Waals surface area contributed by atoms with E-state index in [0.29, 0.717) is 30.1 Å². The van der Waals surface area contributed by atoms with Crippen LogP contribution in [0.4, 0.5) is 0 Å². The average Bonchev–Trinajstić information content (AvgIpc) is 3.61. The van der Waals surface area contributed by atoms with Gasteiger partial charge in [0.15, 0.2) is 0 Å². The summed E-state index contributed by atoms with van der Waals surface area (Å²) in [6, 6.07) is 12.3. The average molecular weight is 556 g/mol. The van der Waals surface area contributed by atoms with E-state index >= 15 is 0 Å². The molecule has 1 saturated carbocycles. The highest BCUT2D eigenvalue weighted by Gasteiger charge is 2.34. The fraction of sp³-hybridized carbons (Fsp3) is 0.545. The molecule has 1 aromatic carbocycles. The molecule has 0 amide bonds. The largest absolute Gasteiger partial charge is 0.328 e. The van der Waals surface area contributed by atoms with Gasteiger partial charge < -0.3 is 0 Å². The lowest BCUT2D eigenvalue weighted by Crippen LogP contribution is -2.37. The summed E-state index contributed by atoms with van der Waals surface area (Å²) < 4.78 is 4.17. The minimum Gasteiger partial charge on any atom is -0.295 e. The van der Waals surface area contributed by atoms with Gasteiger partial charge in [-0.05, 0) is 60.3 Å². The van der Waals surface area contributed by atoms with E-state index in [1.54, 1.807) is 0 Å². The Kier molecular flexibility index (Phi) is 9.47. The number of aromatic nitrogens is 7. The highest BCUT2D eigenvalue weighted by Crippen LogP contribution is 2.41. The zero-order valence-corrected chi connectivity index (χ0v) is 25.1. The van der Waals surface area contributed by atoms with Crippen LogP contribution < -0.4 is 5.69 Å². The quantitative estimate of drug-likeness (QED) is 0.225. The van der Waals surface area contributed by atoms with Gasteiger partial charge in [0.2, 0.25) is 5.82 Å². The van der Waals surface area contributed by atoms with Crippen molar-refractivity contribution in [3.8, 4) is 22.6 Å². The van der Waals surface area contributed by atoms with Crippen molar-refractivity contribution in [2.75, 3.05) is 0 Å². The standard InChI is InChI=1S/C33H45N7O/c1-5-7-14-26-22-40(31-25(6-2)13-9-8-10-15-27(31)23(3)4)33(41)39(26)21-24-18-19-30(34-20-24)28-16-11-12-17-29(28)32-35-37-38-36-32/h11-12,16-20,22-23,25,27,31H,5-10,13-15,21H2,1-4H3,(H,35,36,37,38). The van der Waals surface area contributed by atoms with Gasteiger partial charge in [0.1, 0.15) is 0 Å². The van der Waals surface area contributed by atoms with E-state index < -0.39 is 0 Å². The molecule has 218 valence electrons. The zero-order chi connectivity index (χ0) is 28.8. The van der Waals surface area contributed by atoms with Crippen molar-refractivity contribution in [3.63, 3.8) is 0 Å². The number of benzene rings is 1. The van der Waals surface area contributed by atoms with Gasteiger partial charge in [-0.15, -0.1) is 10.2 Å². The Balaban J connectivity index is 1.48. The molecular formula is C33H45N7O. The van der Waals surface area contributed by atoms with E-state index in [0.717, 1.165) is 53.8 Å². The van der Waals surface area contributed by atoms with Crippen molar-refractivity contribution in [3.05, 3.63) is 70.5 Å². The summed E-state index contributed by atoms with van der Waals surface area (Å²) in [7, 11) is 0. The highest BCUT2D eigenvalue weighted by molar-refractivity contribution is 5.78. The fourth-order valence-electron chi connectivity index (χ4n) is 6.79. The minimum absolute atomic E-state index is 0.136. The molecule has 3 atom stereocenters. The lowest BCUT2D eigenvalue weighted by molar-refractivity contribution is 0.138. The molecule has 8 nitrogen and oxygen atoms in total. The smallest absolute Gasteiger partial charge is 0.295 e. The van der Waals surface area contributed by atoms with Crippen molar-refractivity contribution in [2.45, 2.75) is 98.1 Å². The number of tetrazole rings is 1. The SMILES string of the molecule is CCCCc1cn(C2C(CC)CCCCCC2C(C)C)c(=O)n1Cc1ccc(-c2ccccc2-c2nn[nH]n2)nc1. The molecule has 8 heteroatoms. The van der Waals surface area contributed by atoms with E-state index in [1.807, 2.05) is 41.1 Å². The van der Waals surface area contributed by atoms with Crippen LogP contribution in [0, 0.1) is 17.8 Å². The Bertz CT molecular complexity index is 1440. The molecule has 3 unspecified atom stereocenters. The fourth-order valence-corrected chi connectivity index (χ4v) is 6.79. The number of H-pyrrole nitrogens is 1. The summed E-state index contributed by atoms with van der Waals surface area (Å²) in [5.74, 6) is 2.15. The Morgan fingerprint density at radius 1 is 1.02 bits per heavy atom. The first-order valence-electron chi connectivity index (χ1n) is 15.6. The maximum atomic E-state index is 14.2. The van der Waals surface area contributed by atoms with Crippen LogP contribution in [0.15, 0.2) is 53.6 Å². The number of aryl methyl sites for hydroxylation is 1. The Labute approximate surface area is 243 Å². The summed E-state index contributed by atoms with van der Waals surface area (Å²) in [4.78, 5) is 19.0. The molecule has 0 spiro atoms. The Hall–Kier alpha value is -3.55. The molecule has 3 aromatic heterocycles. The molecule has 0 aliphatic heterocycles. The second-order valence-electron chi connectivity index (χ2n) is 12.0. The van der Waals surface area contributed by atoms with Crippen LogP contribution >= 0.6 is 0 Å². The van der Waals surface area contributed by atoms with Crippen molar-refractivity contribution in [2.24, 2.45) is 17.8 Å². The van der Waals surface area contributed by atoms with Crippen LogP contribution in [0.5, 0.6) is 0 Å². The third-order valence-corrected chi connectivity index (χ3v) is 9.06. The van der Waals surface area contributed by atoms with Gasteiger partial charge in [-0.1, -0.05) is 90.1 Å². The van der Waals surface area contributed by atoms with Crippen LogP contribution in [-0.2, 0) is 13.0 Å². The molecule has 0 bridgehead atoms. The third-order valence-electron chi connectivity index (χ3n) is 9.06. The lowest BCUT2D eigenvalue weighted by Gasteiger charge is -2.38. The van der Waals surface area contributed by atoms with Gasteiger partial charge in [-0.25, -0.2) is 4.79 Å². The molecule has 4 aromatic rings. The number of pyridine rings is 1. The van der Waals surface area contributed by atoms with Crippen molar-refractivity contribution < 1.29 is 0 Å². The highest BCUT2D eigenvalue weighted by atomic mass is 16.1. The summed E-state index contributed by atoms with van der Waals surface area (Å²) in [6.45, 7) is 9.73. The molecule has 1 aliphatic carbocycles. The van der Waals surface area contributed by atoms with E-state index in [2.05, 4.69) is 65.1 Å². The van der Waals surface area contributed by atoms with Crippen molar-refractivity contribution in [1.29, 1.82) is 0 Å². The molecule has 5 rings (SSSR count). The summed E-state index contributed by atoms with van der Waals surface area (Å²) in [5, 5.41) is 14.5. The first kappa shape index (κ1) is 29.0. The molecule has 3 heterocycles. The molecule has 41 heavy (non-hydrogen) atoms. The Morgan fingerprint density at radius 2 is 1.83 bits per heavy atom. The van der Waals surface area contributed by atoms with Gasteiger partial charge in [0.25, 0.3) is 0 Å². The maximum Gasteiger partial charge on any atom is 0.328 e. The monoisotopic (exact) mass is 555 g/mol. The topological polar surface area (TPSA) is 94.3 Å². The van der Waals surface area contributed by atoms with Crippen molar-refractivity contribution in [1.82, 2.24) is 34.7 Å². The number of hydrogen-bond acceptors (Lipinski definition) is 5. The third kappa shape index (κ3) is 6.36. The number of nitrogens with one attached hydrogen (secondary N) is 1. The van der Waals surface area contributed by atoms with Crippen LogP contribution in [0.25, 0.3) is 22.6 Å². The van der Waals surface area contributed by atoms with Crippen molar-refractivity contribution >= 4 is 0 Å². The number of unbranched alkanes of at least 4 members (excludes halogenated alkanes) is 1. The Morgan fingerprint density at radius 3 is 2.51 bits per heavy atom. The second kappa shape index (κ2) is 13.4. The first-order chi connectivity index (χ1) is 20.0. The predicted molar refractivity (Wildman–Crippen MR) is 163 cm³/mol.